The van der Waals surface area contributed by atoms with E-state index >= 15 is 0 Å². The number of nitrogens with zero attached hydrogens (tertiary/aromatic N) is 2. The first-order chi connectivity index (χ1) is 10.7. The Hall–Kier alpha value is -1.69. The van der Waals surface area contributed by atoms with E-state index in [1.807, 2.05) is 54.6 Å². The van der Waals surface area contributed by atoms with Gasteiger partial charge in [-0.2, -0.15) is 0 Å². The molecule has 1 heterocycles. The van der Waals surface area contributed by atoms with Gasteiger partial charge in [-0.3, -0.25) is 0 Å². The van der Waals surface area contributed by atoms with Crippen LogP contribution in [0.25, 0.3) is 0 Å². The Morgan fingerprint density at radius 1 is 0.773 bits per heavy atom. The van der Waals surface area contributed by atoms with Gasteiger partial charge in [0.05, 0.1) is 5.69 Å². The maximum atomic E-state index is 6.22. The summed E-state index contributed by atoms with van der Waals surface area (Å²) in [6.07, 6.45) is 1.54. The first-order valence-electron chi connectivity index (χ1n) is 6.49. The molecule has 3 rings (SSSR count). The molecular formula is C16H12ClN3S2. The predicted octanol–water partition coefficient (Wildman–Crippen LogP) is 5.01. The summed E-state index contributed by atoms with van der Waals surface area (Å²) in [4.78, 5) is 10.7. The van der Waals surface area contributed by atoms with Crippen LogP contribution in [0.1, 0.15) is 0 Å². The zero-order chi connectivity index (χ0) is 15.4. The van der Waals surface area contributed by atoms with Crippen molar-refractivity contribution < 1.29 is 0 Å². The number of nitrogen functional groups attached to an aromatic ring is 1. The van der Waals surface area contributed by atoms with Gasteiger partial charge in [-0.15, -0.1) is 0 Å². The molecule has 1 aromatic heterocycles. The predicted molar refractivity (Wildman–Crippen MR) is 92.6 cm³/mol. The lowest BCUT2D eigenvalue weighted by Crippen LogP contribution is -1.97. The van der Waals surface area contributed by atoms with Crippen LogP contribution in [0.4, 0.5) is 5.69 Å². The summed E-state index contributed by atoms with van der Waals surface area (Å²) in [5.41, 5.74) is 6.81. The summed E-state index contributed by atoms with van der Waals surface area (Å²) < 4.78 is 0. The van der Waals surface area contributed by atoms with Crippen LogP contribution < -0.4 is 5.73 Å². The van der Waals surface area contributed by atoms with Crippen LogP contribution in [0.5, 0.6) is 0 Å². The summed E-state index contributed by atoms with van der Waals surface area (Å²) in [6, 6.07) is 17.6. The van der Waals surface area contributed by atoms with E-state index in [9.17, 15) is 0 Å². The van der Waals surface area contributed by atoms with Crippen molar-refractivity contribution in [3.8, 4) is 0 Å². The Bertz CT molecular complexity index is 764. The molecule has 6 heteroatoms. The van der Waals surface area contributed by atoms with Gasteiger partial charge in [0.15, 0.2) is 0 Å². The normalized spacial score (nSPS) is 10.6. The molecule has 0 spiro atoms. The van der Waals surface area contributed by atoms with Gasteiger partial charge in [0.1, 0.15) is 16.4 Å². The van der Waals surface area contributed by atoms with Gasteiger partial charge in [0, 0.05) is 14.8 Å². The molecule has 2 N–H and O–H groups in total. The van der Waals surface area contributed by atoms with Crippen LogP contribution in [0, 0.1) is 0 Å². The highest BCUT2D eigenvalue weighted by molar-refractivity contribution is 8.00. The number of aromatic nitrogens is 2. The van der Waals surface area contributed by atoms with Gasteiger partial charge < -0.3 is 5.73 Å². The lowest BCUT2D eigenvalue weighted by molar-refractivity contribution is 0.975. The largest absolute Gasteiger partial charge is 0.394 e. The van der Waals surface area contributed by atoms with Crippen molar-refractivity contribution in [3.05, 3.63) is 65.9 Å². The number of benzene rings is 2. The second-order valence-electron chi connectivity index (χ2n) is 4.37. The van der Waals surface area contributed by atoms with Gasteiger partial charge in [-0.1, -0.05) is 53.3 Å². The third kappa shape index (κ3) is 3.74. The molecular weight excluding hydrogens is 334 g/mol. The van der Waals surface area contributed by atoms with Crippen molar-refractivity contribution in [2.45, 2.75) is 19.8 Å². The highest BCUT2D eigenvalue weighted by Crippen LogP contribution is 2.37. The average Bonchev–Trinajstić information content (AvgIpc) is 2.54. The van der Waals surface area contributed by atoms with E-state index in [0.29, 0.717) is 10.7 Å². The molecule has 0 fully saturated rings. The van der Waals surface area contributed by atoms with Gasteiger partial charge in [-0.05, 0) is 36.4 Å². The first kappa shape index (κ1) is 15.2. The van der Waals surface area contributed by atoms with E-state index in [-0.39, 0.29) is 0 Å². The Balaban J connectivity index is 1.84. The monoisotopic (exact) mass is 345 g/mol. The molecule has 0 bridgehead atoms. The third-order valence-electron chi connectivity index (χ3n) is 2.80. The molecule has 2 aromatic carbocycles. The molecule has 0 unspecified atom stereocenters. The Kier molecular flexibility index (Phi) is 4.87. The fraction of sp³-hybridized carbons (Fsp3) is 0. The zero-order valence-electron chi connectivity index (χ0n) is 11.4. The van der Waals surface area contributed by atoms with Crippen molar-refractivity contribution in [2.24, 2.45) is 0 Å². The molecule has 0 aliphatic carbocycles. The molecule has 0 radical (unpaired) electrons. The molecule has 3 aromatic rings. The Morgan fingerprint density at radius 3 is 1.91 bits per heavy atom. The molecule has 0 saturated heterocycles. The van der Waals surface area contributed by atoms with Gasteiger partial charge >= 0.3 is 0 Å². The van der Waals surface area contributed by atoms with Crippen LogP contribution in [-0.4, -0.2) is 9.97 Å². The third-order valence-corrected chi connectivity index (χ3v) is 5.10. The quantitative estimate of drug-likeness (QED) is 0.673. The maximum absolute atomic E-state index is 6.22. The number of nitrogens with two attached hydrogens (primary N) is 1. The Morgan fingerprint density at radius 2 is 1.32 bits per heavy atom. The highest BCUT2D eigenvalue weighted by Gasteiger charge is 2.11. The minimum atomic E-state index is 0.594. The van der Waals surface area contributed by atoms with Gasteiger partial charge in [0.25, 0.3) is 0 Å². The minimum absolute atomic E-state index is 0.594. The number of anilines is 1. The summed E-state index contributed by atoms with van der Waals surface area (Å²) in [5.74, 6) is 0. The number of rotatable bonds is 4. The lowest BCUT2D eigenvalue weighted by Gasteiger charge is -2.08. The lowest BCUT2D eigenvalue weighted by atomic mass is 10.4. The molecule has 0 saturated carbocycles. The minimum Gasteiger partial charge on any atom is -0.394 e. The zero-order valence-corrected chi connectivity index (χ0v) is 13.8. The van der Waals surface area contributed by atoms with Crippen molar-refractivity contribution in [3.63, 3.8) is 0 Å². The van der Waals surface area contributed by atoms with Crippen LogP contribution in [0.15, 0.2) is 80.8 Å². The van der Waals surface area contributed by atoms with Crippen LogP contribution in [0.3, 0.4) is 0 Å². The number of halogens is 1. The van der Waals surface area contributed by atoms with E-state index in [2.05, 4.69) is 9.97 Å². The average molecular weight is 346 g/mol. The molecule has 3 nitrogen and oxygen atoms in total. The smallest absolute Gasteiger partial charge is 0.128 e. The van der Waals surface area contributed by atoms with E-state index in [4.69, 9.17) is 17.3 Å². The fourth-order valence-electron chi connectivity index (χ4n) is 1.74. The van der Waals surface area contributed by atoms with Crippen molar-refractivity contribution in [2.75, 3.05) is 5.73 Å². The van der Waals surface area contributed by atoms with Crippen LogP contribution in [0.2, 0.25) is 5.02 Å². The van der Waals surface area contributed by atoms with Crippen LogP contribution >= 0.6 is 35.1 Å². The van der Waals surface area contributed by atoms with E-state index in [1.165, 1.54) is 23.5 Å². The van der Waals surface area contributed by atoms with E-state index < -0.39 is 0 Å². The molecule has 0 aliphatic heterocycles. The first-order valence-corrected chi connectivity index (χ1v) is 8.50. The van der Waals surface area contributed by atoms with Crippen LogP contribution in [-0.2, 0) is 0 Å². The summed E-state index contributed by atoms with van der Waals surface area (Å²) in [7, 11) is 0. The maximum Gasteiger partial charge on any atom is 0.128 e. The molecule has 0 aliphatic rings. The SMILES string of the molecule is Nc1c(Sc2ccccc2)ncnc1Sc1ccc(Cl)cc1. The van der Waals surface area contributed by atoms with E-state index in [1.54, 1.807) is 6.33 Å². The van der Waals surface area contributed by atoms with Gasteiger partial charge in [0.2, 0.25) is 0 Å². The topological polar surface area (TPSA) is 51.8 Å². The molecule has 22 heavy (non-hydrogen) atoms. The number of hydrogen-bond donors (Lipinski definition) is 1. The summed E-state index contributed by atoms with van der Waals surface area (Å²) >= 11 is 8.93. The van der Waals surface area contributed by atoms with Crippen molar-refractivity contribution in [1.29, 1.82) is 0 Å². The standard InChI is InChI=1S/C16H12ClN3S2/c17-11-6-8-13(9-7-11)22-16-14(18)15(19-10-20-16)21-12-4-2-1-3-5-12/h1-10H,18H2. The number of hydrogen-bond acceptors (Lipinski definition) is 5. The molecule has 110 valence electrons. The van der Waals surface area contributed by atoms with Gasteiger partial charge in [-0.25, -0.2) is 9.97 Å². The summed E-state index contributed by atoms with van der Waals surface area (Å²) in [5, 5.41) is 2.22. The second-order valence-corrected chi connectivity index (χ2v) is 6.93. The van der Waals surface area contributed by atoms with E-state index in [0.717, 1.165) is 19.8 Å². The Labute approximate surface area is 142 Å². The summed E-state index contributed by atoms with van der Waals surface area (Å²) in [6.45, 7) is 0. The second kappa shape index (κ2) is 7.05. The van der Waals surface area contributed by atoms with Crippen molar-refractivity contribution >= 4 is 40.8 Å². The van der Waals surface area contributed by atoms with Crippen molar-refractivity contribution in [1.82, 2.24) is 9.97 Å². The molecule has 0 amide bonds. The fourth-order valence-corrected chi connectivity index (χ4v) is 3.56. The molecule has 0 atom stereocenters. The highest BCUT2D eigenvalue weighted by atomic mass is 35.5.